The maximum Gasteiger partial charge on any atom is 0.141 e. The summed E-state index contributed by atoms with van der Waals surface area (Å²) >= 11 is 0. The third-order valence-electron chi connectivity index (χ3n) is 9.04. The number of ether oxygens (including phenoxy) is 1. The van der Waals surface area contributed by atoms with E-state index < -0.39 is 0 Å². The Morgan fingerprint density at radius 3 is 2.59 bits per heavy atom. The van der Waals surface area contributed by atoms with Gasteiger partial charge in [0, 0.05) is 66.8 Å². The first kappa shape index (κ1) is 38.0. The average molecular weight is 671 g/mol. The Balaban J connectivity index is 0.000000299. The molecule has 4 aliphatic rings. The zero-order chi connectivity index (χ0) is 35.8. The van der Waals surface area contributed by atoms with E-state index >= 15 is 0 Å². The first-order valence-corrected chi connectivity index (χ1v) is 17.8. The molecule has 49 heavy (non-hydrogen) atoms. The Hall–Kier alpha value is -3.84. The lowest BCUT2D eigenvalue weighted by Crippen LogP contribution is -2.30. The highest BCUT2D eigenvalue weighted by molar-refractivity contribution is 5.97. The molecule has 0 amide bonds. The van der Waals surface area contributed by atoms with E-state index in [4.69, 9.17) is 37.0 Å². The minimum Gasteiger partial charge on any atom is -0.399 e. The molecule has 0 spiro atoms. The van der Waals surface area contributed by atoms with Crippen molar-refractivity contribution in [2.45, 2.75) is 92.7 Å². The number of pyridine rings is 1. The molecular weight excluding hydrogens is 615 g/mol. The molecule has 9 heteroatoms. The number of aryl methyl sites for hydroxylation is 3. The number of nitrogen functional groups attached to an aromatic ring is 1. The number of halogens is 1. The van der Waals surface area contributed by atoms with Gasteiger partial charge in [0.1, 0.15) is 17.5 Å². The van der Waals surface area contributed by atoms with Crippen LogP contribution in [0.5, 0.6) is 0 Å². The fourth-order valence-electron chi connectivity index (χ4n) is 7.07. The Bertz CT molecular complexity index is 1690. The van der Waals surface area contributed by atoms with Gasteiger partial charge in [0.05, 0.1) is 35.4 Å². The molecule has 264 valence electrons. The second-order valence-corrected chi connectivity index (χ2v) is 13.6. The first-order valence-electron chi connectivity index (χ1n) is 17.8. The second-order valence-electron chi connectivity index (χ2n) is 13.6. The number of nitrogens with two attached hydrogens (primary N) is 1. The molecule has 1 aliphatic carbocycles. The number of anilines is 2. The molecule has 2 atom stereocenters. The van der Waals surface area contributed by atoms with Crippen molar-refractivity contribution >= 4 is 28.0 Å². The number of nitrogens with zero attached hydrogens (tertiary/aromatic N) is 5. The number of aromatic nitrogens is 3. The standard InChI is InChI=1S/C27H28FN5O.C8H13N.C3H8O.C2H6/c1-5-20-23(28)7-6-18-10-19(29)11-21(24(18)20)25-16(3)26-22(12-30-25)27(32-17(4)31-26)33-8-9-34-14-15(2)13-33;1-7-5-8-3-2-4-9(8)6-7;1-3(2)4;1-2/h1,10-12,15H,6-9,13-14,29H2,2-4H3;8H,1-6H2;3-4H,1-2H3;1-2H3. The summed E-state index contributed by atoms with van der Waals surface area (Å²) < 4.78 is 20.4. The average Bonchev–Trinajstić information content (AvgIpc) is 3.56. The number of allylic oxidation sites excluding steroid dienone is 2. The Kier molecular flexibility index (Phi) is 13.3. The lowest BCUT2D eigenvalue weighted by molar-refractivity contribution is 0.129. The van der Waals surface area contributed by atoms with Crippen LogP contribution in [0.25, 0.3) is 27.7 Å². The maximum absolute atomic E-state index is 14.7. The van der Waals surface area contributed by atoms with Gasteiger partial charge in [0.15, 0.2) is 0 Å². The summed E-state index contributed by atoms with van der Waals surface area (Å²) in [5, 5.41) is 8.94. The number of aliphatic hydroxyl groups excluding tert-OH is 1. The zero-order valence-electron chi connectivity index (χ0n) is 30.6. The van der Waals surface area contributed by atoms with Crippen LogP contribution in [0.3, 0.4) is 0 Å². The molecule has 3 N–H and O–H groups in total. The van der Waals surface area contributed by atoms with Crippen LogP contribution >= 0.6 is 0 Å². The summed E-state index contributed by atoms with van der Waals surface area (Å²) in [5.41, 5.74) is 13.4. The number of rotatable bonds is 2. The van der Waals surface area contributed by atoms with E-state index in [1.165, 1.54) is 37.9 Å². The van der Waals surface area contributed by atoms with Crippen LogP contribution in [0.2, 0.25) is 0 Å². The molecule has 2 unspecified atom stereocenters. The van der Waals surface area contributed by atoms with E-state index in [1.807, 2.05) is 46.0 Å². The van der Waals surface area contributed by atoms with Crippen molar-refractivity contribution in [1.82, 2.24) is 19.9 Å². The van der Waals surface area contributed by atoms with Gasteiger partial charge in [-0.25, -0.2) is 14.4 Å². The second kappa shape index (κ2) is 17.2. The van der Waals surface area contributed by atoms with Crippen molar-refractivity contribution in [3.05, 3.63) is 58.8 Å². The molecule has 0 saturated carbocycles. The van der Waals surface area contributed by atoms with Gasteiger partial charge in [-0.3, -0.25) is 9.88 Å². The van der Waals surface area contributed by atoms with Gasteiger partial charge in [0.2, 0.25) is 0 Å². The summed E-state index contributed by atoms with van der Waals surface area (Å²) in [5.74, 6) is 4.24. The van der Waals surface area contributed by atoms with Crippen molar-refractivity contribution in [2.75, 3.05) is 50.0 Å². The zero-order valence-corrected chi connectivity index (χ0v) is 30.6. The van der Waals surface area contributed by atoms with Crippen molar-refractivity contribution < 1.29 is 14.2 Å². The molecule has 3 aromatic rings. The van der Waals surface area contributed by atoms with E-state index in [1.54, 1.807) is 13.8 Å². The molecule has 3 fully saturated rings. The Morgan fingerprint density at radius 1 is 1.16 bits per heavy atom. The number of aliphatic hydroxyl groups is 1. The predicted octanol–water partition coefficient (Wildman–Crippen LogP) is 7.45. The molecule has 3 saturated heterocycles. The van der Waals surface area contributed by atoms with Crippen LogP contribution in [0, 0.1) is 32.1 Å². The Morgan fingerprint density at radius 2 is 1.90 bits per heavy atom. The quantitative estimate of drug-likeness (QED) is 0.165. The summed E-state index contributed by atoms with van der Waals surface area (Å²) in [6.45, 7) is 23.0. The minimum atomic E-state index is -0.266. The van der Waals surface area contributed by atoms with Crippen LogP contribution in [0.15, 0.2) is 36.3 Å². The van der Waals surface area contributed by atoms with E-state index in [9.17, 15) is 4.39 Å². The third-order valence-corrected chi connectivity index (χ3v) is 9.04. The number of benzene rings is 1. The first-order chi connectivity index (χ1) is 23.5. The van der Waals surface area contributed by atoms with Gasteiger partial charge in [-0.2, -0.15) is 0 Å². The lowest BCUT2D eigenvalue weighted by Gasteiger charge is -2.25. The number of hydrogen-bond donors (Lipinski definition) is 2. The minimum absolute atomic E-state index is 0.167. The number of fused-ring (bicyclic) bond motifs is 3. The summed E-state index contributed by atoms with van der Waals surface area (Å²) in [4.78, 5) is 19.2. The van der Waals surface area contributed by atoms with Crippen molar-refractivity contribution in [1.29, 1.82) is 0 Å². The predicted molar refractivity (Wildman–Crippen MR) is 201 cm³/mol. The molecule has 3 aliphatic heterocycles. The fraction of sp³-hybridized carbons (Fsp3) is 0.525. The SMILES string of the molecule is C#CC1=C(F)CCc2cc(N)cc(-c3ncc4c(N5CCOCC(C)C5)nc(C)nc4c3C)c21.C=C1CC2CCCN2C1.CC.CC(C)O. The van der Waals surface area contributed by atoms with Crippen LogP contribution in [-0.4, -0.2) is 76.5 Å². The smallest absolute Gasteiger partial charge is 0.141 e. The molecule has 0 bridgehead atoms. The van der Waals surface area contributed by atoms with Crippen molar-refractivity contribution in [3.63, 3.8) is 0 Å². The largest absolute Gasteiger partial charge is 0.399 e. The summed E-state index contributed by atoms with van der Waals surface area (Å²) in [7, 11) is 0. The molecular formula is C40H55FN6O2. The maximum atomic E-state index is 14.7. The molecule has 7 rings (SSSR count). The topological polar surface area (TPSA) is 101 Å². The normalized spacial score (nSPS) is 20.3. The monoisotopic (exact) mass is 670 g/mol. The van der Waals surface area contributed by atoms with Crippen molar-refractivity contribution in [3.8, 4) is 23.6 Å². The van der Waals surface area contributed by atoms with Crippen LogP contribution < -0.4 is 10.6 Å². The van der Waals surface area contributed by atoms with E-state index in [2.05, 4.69) is 29.2 Å². The van der Waals surface area contributed by atoms with Crippen LogP contribution in [0.4, 0.5) is 15.9 Å². The third kappa shape index (κ3) is 9.04. The highest BCUT2D eigenvalue weighted by Crippen LogP contribution is 2.41. The van der Waals surface area contributed by atoms with Crippen LogP contribution in [0.1, 0.15) is 82.8 Å². The van der Waals surface area contributed by atoms with Gasteiger partial charge >= 0.3 is 0 Å². The highest BCUT2D eigenvalue weighted by atomic mass is 19.1. The molecule has 8 nitrogen and oxygen atoms in total. The Labute approximate surface area is 292 Å². The van der Waals surface area contributed by atoms with Crippen molar-refractivity contribution in [2.24, 2.45) is 5.92 Å². The van der Waals surface area contributed by atoms with Gasteiger partial charge in [-0.15, -0.1) is 6.42 Å². The molecule has 0 radical (unpaired) electrons. The van der Waals surface area contributed by atoms with E-state index in [0.29, 0.717) is 41.7 Å². The molecule has 1 aromatic carbocycles. The van der Waals surface area contributed by atoms with Gasteiger partial charge in [-0.1, -0.05) is 38.8 Å². The van der Waals surface area contributed by atoms with Gasteiger partial charge in [0.25, 0.3) is 0 Å². The molecule has 5 heterocycles. The summed E-state index contributed by atoms with van der Waals surface area (Å²) in [6.07, 6.45) is 12.3. The highest BCUT2D eigenvalue weighted by Gasteiger charge is 2.30. The number of hydrogen-bond acceptors (Lipinski definition) is 8. The molecule has 2 aromatic heterocycles. The van der Waals surface area contributed by atoms with Crippen LogP contribution in [-0.2, 0) is 11.2 Å². The fourth-order valence-corrected chi connectivity index (χ4v) is 7.07. The van der Waals surface area contributed by atoms with Gasteiger partial charge < -0.3 is 20.5 Å². The lowest BCUT2D eigenvalue weighted by atomic mass is 9.84. The van der Waals surface area contributed by atoms with Gasteiger partial charge in [-0.05, 0) is 83.5 Å². The van der Waals surface area contributed by atoms with E-state index in [0.717, 1.165) is 59.1 Å². The number of terminal acetylenes is 1. The summed E-state index contributed by atoms with van der Waals surface area (Å²) in [6, 6.07) is 4.60. The van der Waals surface area contributed by atoms with E-state index in [-0.39, 0.29) is 23.9 Å².